The Kier molecular flexibility index (Phi) is 6.87. The standard InChI is InChI=1S/C53H33N3O/c1-2-14-34(15-3-1)50-54-51(38-30-36-18-12-16-33-17-13-19-37(31-38)49(33)36)56-52(55-50)42-23-5-4-20-39(42)35-28-29-46-48(32-35)57-47-27-11-10-26-45(47)53(46)43-24-8-6-21-40(43)41-22-7-9-25-44(41)53/h1-16,18-32H,17H2. The van der Waals surface area contributed by atoms with E-state index >= 15 is 0 Å². The summed E-state index contributed by atoms with van der Waals surface area (Å²) < 4.78 is 6.88. The molecule has 0 radical (unpaired) electrons. The van der Waals surface area contributed by atoms with Crippen molar-refractivity contribution in [3.05, 3.63) is 215 Å². The lowest BCUT2D eigenvalue weighted by Gasteiger charge is -2.39. The van der Waals surface area contributed by atoms with E-state index in [1.54, 1.807) is 0 Å². The number of allylic oxidation sites excluding steroid dienone is 1. The summed E-state index contributed by atoms with van der Waals surface area (Å²) in [5, 5.41) is 2.49. The highest BCUT2D eigenvalue weighted by Gasteiger charge is 2.50. The average molecular weight is 728 g/mol. The van der Waals surface area contributed by atoms with E-state index in [1.807, 2.05) is 18.2 Å². The minimum absolute atomic E-state index is 0.516. The van der Waals surface area contributed by atoms with E-state index < -0.39 is 5.41 Å². The minimum atomic E-state index is -0.516. The molecule has 0 atom stereocenters. The molecule has 2 heterocycles. The highest BCUT2D eigenvalue weighted by atomic mass is 16.5. The van der Waals surface area contributed by atoms with Crippen molar-refractivity contribution < 1.29 is 4.74 Å². The largest absolute Gasteiger partial charge is 0.457 e. The molecule has 0 amide bonds. The van der Waals surface area contributed by atoms with Gasteiger partial charge in [-0.1, -0.05) is 164 Å². The summed E-state index contributed by atoms with van der Waals surface area (Å²) in [5.41, 5.74) is 14.2. The van der Waals surface area contributed by atoms with Gasteiger partial charge < -0.3 is 4.74 Å². The topological polar surface area (TPSA) is 47.9 Å². The molecule has 1 aromatic heterocycles. The molecule has 266 valence electrons. The van der Waals surface area contributed by atoms with Crippen molar-refractivity contribution in [3.8, 4) is 67.9 Å². The van der Waals surface area contributed by atoms with Crippen molar-refractivity contribution in [2.45, 2.75) is 11.8 Å². The van der Waals surface area contributed by atoms with Crippen LogP contribution in [-0.2, 0) is 11.8 Å². The summed E-state index contributed by atoms with van der Waals surface area (Å²) in [4.78, 5) is 15.5. The Morgan fingerprint density at radius 3 is 1.84 bits per heavy atom. The number of rotatable bonds is 4. The molecule has 0 bridgehead atoms. The van der Waals surface area contributed by atoms with Crippen LogP contribution < -0.4 is 4.74 Å². The second-order valence-corrected chi connectivity index (χ2v) is 15.1. The van der Waals surface area contributed by atoms with Crippen LogP contribution in [0.3, 0.4) is 0 Å². The molecule has 8 aromatic carbocycles. The zero-order valence-electron chi connectivity index (χ0n) is 30.9. The van der Waals surface area contributed by atoms with Gasteiger partial charge in [-0.15, -0.1) is 0 Å². The number of hydrogen-bond acceptors (Lipinski definition) is 4. The Bertz CT molecular complexity index is 3100. The van der Waals surface area contributed by atoms with Crippen LogP contribution in [0.1, 0.15) is 33.4 Å². The number of aromatic nitrogens is 3. The Labute approximate surface area is 330 Å². The fraction of sp³-hybridized carbons (Fsp3) is 0.0377. The summed E-state index contributed by atoms with van der Waals surface area (Å²) in [7, 11) is 0. The van der Waals surface area contributed by atoms with E-state index in [2.05, 4.69) is 170 Å². The molecule has 57 heavy (non-hydrogen) atoms. The van der Waals surface area contributed by atoms with Crippen LogP contribution in [0.25, 0.3) is 73.3 Å². The molecule has 1 aliphatic heterocycles. The minimum Gasteiger partial charge on any atom is -0.457 e. The van der Waals surface area contributed by atoms with E-state index in [0.29, 0.717) is 17.5 Å². The van der Waals surface area contributed by atoms with Gasteiger partial charge in [0.25, 0.3) is 0 Å². The summed E-state index contributed by atoms with van der Waals surface area (Å²) in [6.45, 7) is 0. The second kappa shape index (κ2) is 12.3. The van der Waals surface area contributed by atoms with Crippen molar-refractivity contribution in [3.63, 3.8) is 0 Å². The highest BCUT2D eigenvalue weighted by Crippen LogP contribution is 2.62. The number of ether oxygens (including phenoxy) is 1. The van der Waals surface area contributed by atoms with Gasteiger partial charge in [0.05, 0.1) is 5.41 Å². The maximum absolute atomic E-state index is 6.88. The zero-order chi connectivity index (χ0) is 37.5. The van der Waals surface area contributed by atoms with E-state index in [1.165, 1.54) is 44.2 Å². The monoisotopic (exact) mass is 727 g/mol. The molecule has 9 aromatic rings. The molecule has 1 spiro atoms. The number of benzene rings is 8. The van der Waals surface area contributed by atoms with Gasteiger partial charge in [-0.25, -0.2) is 15.0 Å². The smallest absolute Gasteiger partial charge is 0.164 e. The first kappa shape index (κ1) is 31.9. The molecule has 0 N–H and O–H groups in total. The molecule has 4 nitrogen and oxygen atoms in total. The third-order valence-electron chi connectivity index (χ3n) is 12.0. The second-order valence-electron chi connectivity index (χ2n) is 15.1. The quantitative estimate of drug-likeness (QED) is 0.181. The third-order valence-corrected chi connectivity index (χ3v) is 12.0. The number of hydrogen-bond donors (Lipinski definition) is 0. The predicted molar refractivity (Wildman–Crippen MR) is 229 cm³/mol. The van der Waals surface area contributed by atoms with Crippen LogP contribution in [0.5, 0.6) is 11.5 Å². The molecule has 0 fully saturated rings. The summed E-state index contributed by atoms with van der Waals surface area (Å²) in [6.07, 6.45) is 5.40. The first-order valence-corrected chi connectivity index (χ1v) is 19.5. The van der Waals surface area contributed by atoms with Crippen LogP contribution in [0, 0.1) is 0 Å². The van der Waals surface area contributed by atoms with Crippen LogP contribution in [-0.4, -0.2) is 15.0 Å². The Morgan fingerprint density at radius 2 is 1.05 bits per heavy atom. The number of para-hydroxylation sites is 1. The van der Waals surface area contributed by atoms with Crippen LogP contribution >= 0.6 is 0 Å². The predicted octanol–water partition coefficient (Wildman–Crippen LogP) is 12.7. The van der Waals surface area contributed by atoms with Gasteiger partial charge in [0.2, 0.25) is 0 Å². The van der Waals surface area contributed by atoms with Gasteiger partial charge in [-0.3, -0.25) is 0 Å². The van der Waals surface area contributed by atoms with E-state index in [4.69, 9.17) is 19.7 Å². The molecule has 0 saturated carbocycles. The van der Waals surface area contributed by atoms with Crippen molar-refractivity contribution in [1.29, 1.82) is 0 Å². The fourth-order valence-corrected chi connectivity index (χ4v) is 9.58. The first-order chi connectivity index (χ1) is 28.2. The number of fused-ring (bicyclic) bond motifs is 9. The van der Waals surface area contributed by atoms with Crippen LogP contribution in [0.2, 0.25) is 0 Å². The number of nitrogens with zero attached hydrogens (tertiary/aromatic N) is 3. The lowest BCUT2D eigenvalue weighted by atomic mass is 9.66. The van der Waals surface area contributed by atoms with Crippen LogP contribution in [0.4, 0.5) is 0 Å². The van der Waals surface area contributed by atoms with E-state index in [-0.39, 0.29) is 0 Å². The SMILES string of the molecule is C1=Cc2cc(-c3nc(-c4ccccc4)nc(-c4ccccc4-c4ccc5c(c4)Oc4ccccc4C54c5ccccc5-c5ccccc54)n3)cc3cccc(c23)C1. The Morgan fingerprint density at radius 1 is 0.421 bits per heavy atom. The maximum atomic E-state index is 6.88. The van der Waals surface area contributed by atoms with Crippen LogP contribution in [0.15, 0.2) is 182 Å². The molecule has 12 rings (SSSR count). The molecule has 0 unspecified atom stereocenters. The van der Waals surface area contributed by atoms with Gasteiger partial charge >= 0.3 is 0 Å². The maximum Gasteiger partial charge on any atom is 0.164 e. The van der Waals surface area contributed by atoms with Gasteiger partial charge in [-0.2, -0.15) is 0 Å². The average Bonchev–Trinajstić information content (AvgIpc) is 3.57. The fourth-order valence-electron chi connectivity index (χ4n) is 9.58. The van der Waals surface area contributed by atoms with Gasteiger partial charge in [0, 0.05) is 27.8 Å². The van der Waals surface area contributed by atoms with Crippen molar-refractivity contribution >= 4 is 16.8 Å². The lowest BCUT2D eigenvalue weighted by molar-refractivity contribution is 0.436. The molecule has 2 aliphatic carbocycles. The Hall–Kier alpha value is -7.43. The summed E-state index contributed by atoms with van der Waals surface area (Å²) in [6, 6.07) is 62.4. The van der Waals surface area contributed by atoms with Gasteiger partial charge in [-0.05, 0) is 86.0 Å². The zero-order valence-corrected chi connectivity index (χ0v) is 30.9. The van der Waals surface area contributed by atoms with Gasteiger partial charge in [0.1, 0.15) is 11.5 Å². The van der Waals surface area contributed by atoms with E-state index in [0.717, 1.165) is 56.9 Å². The molecule has 0 saturated heterocycles. The Balaban J connectivity index is 1.05. The molecular weight excluding hydrogens is 695 g/mol. The van der Waals surface area contributed by atoms with Gasteiger partial charge in [0.15, 0.2) is 17.5 Å². The highest BCUT2D eigenvalue weighted by molar-refractivity contribution is 5.98. The summed E-state index contributed by atoms with van der Waals surface area (Å²) >= 11 is 0. The third kappa shape index (κ3) is 4.71. The normalized spacial score (nSPS) is 13.8. The first-order valence-electron chi connectivity index (χ1n) is 19.5. The van der Waals surface area contributed by atoms with Crippen molar-refractivity contribution in [2.75, 3.05) is 0 Å². The lowest BCUT2D eigenvalue weighted by Crippen LogP contribution is -2.32. The molecule has 4 heteroatoms. The molecular formula is C53H33N3O. The van der Waals surface area contributed by atoms with Crippen molar-refractivity contribution in [2.24, 2.45) is 0 Å². The van der Waals surface area contributed by atoms with Crippen molar-refractivity contribution in [1.82, 2.24) is 15.0 Å². The molecule has 3 aliphatic rings. The summed E-state index contributed by atoms with van der Waals surface area (Å²) in [5.74, 6) is 3.60. The van der Waals surface area contributed by atoms with E-state index in [9.17, 15) is 0 Å².